The number of nitrogens with zero attached hydrogens (tertiary/aromatic N) is 2. The number of allylic oxidation sites excluding steroid dienone is 1. The third-order valence-electron chi connectivity index (χ3n) is 4.85. The second-order valence-corrected chi connectivity index (χ2v) is 7.50. The Hall–Kier alpha value is -2.83. The zero-order valence-electron chi connectivity index (χ0n) is 15.9. The monoisotopic (exact) mass is 415 g/mol. The van der Waals surface area contributed by atoms with Gasteiger partial charge in [-0.1, -0.05) is 42.1 Å². The number of methoxy groups -OCH3 is 1. The van der Waals surface area contributed by atoms with Gasteiger partial charge in [-0.05, 0) is 5.56 Å². The van der Waals surface area contributed by atoms with E-state index >= 15 is 0 Å². The molecule has 1 aromatic rings. The van der Waals surface area contributed by atoms with Crippen molar-refractivity contribution in [1.82, 2.24) is 10.2 Å². The number of ether oxygens (including phenoxy) is 2. The summed E-state index contributed by atoms with van der Waals surface area (Å²) in [6.07, 6.45) is 0. The Morgan fingerprint density at radius 2 is 2.00 bits per heavy atom. The van der Waals surface area contributed by atoms with Gasteiger partial charge in [-0.2, -0.15) is 5.26 Å². The topological polar surface area (TPSA) is 109 Å². The maximum absolute atomic E-state index is 12.7. The summed E-state index contributed by atoms with van der Waals surface area (Å²) >= 11 is 1.10. The lowest BCUT2D eigenvalue weighted by Gasteiger charge is -2.31. The summed E-state index contributed by atoms with van der Waals surface area (Å²) in [5.74, 6) is -3.22. The molecule has 0 aliphatic carbocycles. The number of hydrogen-bond donors (Lipinski definition) is 1. The van der Waals surface area contributed by atoms with Crippen LogP contribution in [0.3, 0.4) is 0 Å². The minimum absolute atomic E-state index is 0.0746. The molecule has 2 atom stereocenters. The maximum atomic E-state index is 12.7. The number of hydrogen-bond acceptors (Lipinski definition) is 7. The number of carbonyl (C=O) groups excluding carboxylic acids is 3. The molecule has 0 aromatic heterocycles. The number of benzene rings is 1. The summed E-state index contributed by atoms with van der Waals surface area (Å²) in [6, 6.07) is 11.0. The van der Waals surface area contributed by atoms with E-state index in [-0.39, 0.29) is 17.2 Å². The molecule has 2 amide bonds. The van der Waals surface area contributed by atoms with E-state index in [2.05, 4.69) is 11.4 Å². The number of nitriles is 1. The van der Waals surface area contributed by atoms with Gasteiger partial charge in [0.05, 0.1) is 42.7 Å². The molecular formula is C20H21N3O5S. The second kappa shape index (κ2) is 9.58. The van der Waals surface area contributed by atoms with Crippen LogP contribution >= 0.6 is 11.8 Å². The predicted molar refractivity (Wildman–Crippen MR) is 105 cm³/mol. The summed E-state index contributed by atoms with van der Waals surface area (Å²) in [4.78, 5) is 39.2. The van der Waals surface area contributed by atoms with Crippen molar-refractivity contribution in [3.8, 4) is 6.07 Å². The third-order valence-corrected chi connectivity index (χ3v) is 5.85. The van der Waals surface area contributed by atoms with Gasteiger partial charge in [0, 0.05) is 19.0 Å². The van der Waals surface area contributed by atoms with Gasteiger partial charge >= 0.3 is 5.97 Å². The number of thioether (sulfide) groups is 1. The van der Waals surface area contributed by atoms with Crippen LogP contribution in [0.1, 0.15) is 11.5 Å². The van der Waals surface area contributed by atoms with Crippen molar-refractivity contribution >= 4 is 29.5 Å². The smallest absolute Gasteiger partial charge is 0.319 e. The van der Waals surface area contributed by atoms with Crippen LogP contribution in [0.15, 0.2) is 40.9 Å². The minimum Gasteiger partial charge on any atom is -0.468 e. The van der Waals surface area contributed by atoms with Gasteiger partial charge in [0.15, 0.2) is 0 Å². The fourth-order valence-corrected chi connectivity index (χ4v) is 4.33. The first-order chi connectivity index (χ1) is 14.1. The Kier molecular flexibility index (Phi) is 6.90. The Bertz CT molecular complexity index is 859. The Balaban J connectivity index is 1.89. The number of morpholine rings is 1. The average Bonchev–Trinajstić information content (AvgIpc) is 2.77. The van der Waals surface area contributed by atoms with Gasteiger partial charge < -0.3 is 19.7 Å². The molecule has 2 aliphatic heterocycles. The fraction of sp³-hybridized carbons (Fsp3) is 0.400. The lowest BCUT2D eigenvalue weighted by atomic mass is 9.78. The molecule has 1 fully saturated rings. The third kappa shape index (κ3) is 4.60. The highest BCUT2D eigenvalue weighted by Gasteiger charge is 2.44. The number of nitrogens with one attached hydrogen (secondary N) is 1. The first-order valence-electron chi connectivity index (χ1n) is 9.13. The van der Waals surface area contributed by atoms with Crippen LogP contribution in [-0.4, -0.2) is 61.8 Å². The fourth-order valence-electron chi connectivity index (χ4n) is 3.38. The van der Waals surface area contributed by atoms with Gasteiger partial charge in [0.25, 0.3) is 0 Å². The molecule has 152 valence electrons. The standard InChI is InChI=1S/C20H21N3O5S/c1-27-20(26)17-16(13-5-3-2-4-6-13)14(11-21)19(22-18(17)25)29-12-15(24)23-7-9-28-10-8-23/h2-6,16-17H,7-10,12H2,1H3,(H,22,25)/t16-,17-/m0/s1. The molecule has 1 aromatic carbocycles. The van der Waals surface area contributed by atoms with E-state index in [0.717, 1.165) is 11.8 Å². The van der Waals surface area contributed by atoms with Gasteiger partial charge in [0.1, 0.15) is 5.92 Å². The highest BCUT2D eigenvalue weighted by atomic mass is 32.2. The van der Waals surface area contributed by atoms with Crippen molar-refractivity contribution in [3.63, 3.8) is 0 Å². The van der Waals surface area contributed by atoms with Crippen molar-refractivity contribution in [3.05, 3.63) is 46.5 Å². The molecule has 0 unspecified atom stereocenters. The molecular weight excluding hydrogens is 394 g/mol. The van der Waals surface area contributed by atoms with E-state index < -0.39 is 23.7 Å². The normalized spacial score (nSPS) is 21.9. The van der Waals surface area contributed by atoms with Crippen molar-refractivity contribution < 1.29 is 23.9 Å². The van der Waals surface area contributed by atoms with Gasteiger partial charge in [-0.25, -0.2) is 0 Å². The molecule has 9 heteroatoms. The Morgan fingerprint density at radius 1 is 1.31 bits per heavy atom. The van der Waals surface area contributed by atoms with Gasteiger partial charge in [0.2, 0.25) is 11.8 Å². The lowest BCUT2D eigenvalue weighted by Crippen LogP contribution is -2.44. The molecule has 0 radical (unpaired) electrons. The molecule has 0 bridgehead atoms. The van der Waals surface area contributed by atoms with Crippen LogP contribution in [0.25, 0.3) is 0 Å². The van der Waals surface area contributed by atoms with E-state index in [4.69, 9.17) is 9.47 Å². The zero-order valence-corrected chi connectivity index (χ0v) is 16.7. The van der Waals surface area contributed by atoms with E-state index in [1.165, 1.54) is 7.11 Å². The first kappa shape index (κ1) is 20.9. The van der Waals surface area contributed by atoms with Crippen molar-refractivity contribution in [2.24, 2.45) is 5.92 Å². The molecule has 2 aliphatic rings. The predicted octanol–water partition coefficient (Wildman–Crippen LogP) is 1.02. The summed E-state index contributed by atoms with van der Waals surface area (Å²) in [6.45, 7) is 2.03. The van der Waals surface area contributed by atoms with E-state index in [1.807, 2.05) is 6.07 Å². The number of carbonyl (C=O) groups is 3. The lowest BCUT2D eigenvalue weighted by molar-refractivity contribution is -0.150. The summed E-state index contributed by atoms with van der Waals surface area (Å²) < 4.78 is 10.1. The van der Waals surface area contributed by atoms with Crippen LogP contribution in [-0.2, 0) is 23.9 Å². The van der Waals surface area contributed by atoms with E-state index in [9.17, 15) is 19.6 Å². The molecule has 1 N–H and O–H groups in total. The highest BCUT2D eigenvalue weighted by molar-refractivity contribution is 8.03. The molecule has 3 rings (SSSR count). The van der Waals surface area contributed by atoms with Crippen LogP contribution < -0.4 is 5.32 Å². The molecule has 0 spiro atoms. The van der Waals surface area contributed by atoms with Crippen LogP contribution in [0.4, 0.5) is 0 Å². The van der Waals surface area contributed by atoms with Crippen molar-refractivity contribution in [2.45, 2.75) is 5.92 Å². The number of amides is 2. The van der Waals surface area contributed by atoms with Gasteiger partial charge in [-0.3, -0.25) is 14.4 Å². The highest BCUT2D eigenvalue weighted by Crippen LogP contribution is 2.40. The molecule has 29 heavy (non-hydrogen) atoms. The Morgan fingerprint density at radius 3 is 2.62 bits per heavy atom. The van der Waals surface area contributed by atoms with E-state index in [1.54, 1.807) is 29.2 Å². The van der Waals surface area contributed by atoms with Crippen LogP contribution in [0, 0.1) is 17.2 Å². The minimum atomic E-state index is -1.17. The summed E-state index contributed by atoms with van der Waals surface area (Å²) in [5, 5.41) is 12.8. The van der Waals surface area contributed by atoms with Crippen molar-refractivity contribution in [2.75, 3.05) is 39.2 Å². The molecule has 8 nitrogen and oxygen atoms in total. The number of rotatable bonds is 5. The number of esters is 1. The zero-order chi connectivity index (χ0) is 20.8. The summed E-state index contributed by atoms with van der Waals surface area (Å²) in [5.41, 5.74) is 0.901. The molecule has 1 saturated heterocycles. The largest absolute Gasteiger partial charge is 0.468 e. The van der Waals surface area contributed by atoms with Crippen LogP contribution in [0.2, 0.25) is 0 Å². The summed E-state index contributed by atoms with van der Waals surface area (Å²) in [7, 11) is 1.21. The maximum Gasteiger partial charge on any atom is 0.319 e. The average molecular weight is 415 g/mol. The first-order valence-corrected chi connectivity index (χ1v) is 10.1. The molecule has 2 heterocycles. The van der Waals surface area contributed by atoms with Crippen LogP contribution in [0.5, 0.6) is 0 Å². The molecule has 0 saturated carbocycles. The Labute approximate surface area is 172 Å². The van der Waals surface area contributed by atoms with E-state index in [0.29, 0.717) is 36.9 Å². The quantitative estimate of drug-likeness (QED) is 0.565. The van der Waals surface area contributed by atoms with Gasteiger partial charge in [-0.15, -0.1) is 0 Å². The SMILES string of the molecule is COC(=O)[C@@H]1C(=O)NC(SCC(=O)N2CCOCC2)=C(C#N)[C@@H]1c1ccccc1. The second-order valence-electron chi connectivity index (χ2n) is 6.51. The van der Waals surface area contributed by atoms with Crippen molar-refractivity contribution in [1.29, 1.82) is 5.26 Å².